The Kier molecular flexibility index (Phi) is 9.85. The Hall–Kier alpha value is -2.74. The van der Waals surface area contributed by atoms with Gasteiger partial charge in [0.2, 0.25) is 0 Å². The zero-order valence-corrected chi connectivity index (χ0v) is 17.5. The van der Waals surface area contributed by atoms with E-state index in [1.807, 2.05) is 12.1 Å². The summed E-state index contributed by atoms with van der Waals surface area (Å²) in [7, 11) is 0. The predicted octanol–water partition coefficient (Wildman–Crippen LogP) is 7.36. The number of benzene rings is 1. The first kappa shape index (κ1) is 22.5. The van der Waals surface area contributed by atoms with Crippen LogP contribution in [0.25, 0.3) is 0 Å². The van der Waals surface area contributed by atoms with Gasteiger partial charge in [0.25, 0.3) is 0 Å². The molecule has 0 N–H and O–H groups in total. The van der Waals surface area contributed by atoms with Crippen LogP contribution in [0.15, 0.2) is 84.5 Å². The lowest BCUT2D eigenvalue weighted by molar-refractivity contribution is 0.0972. The van der Waals surface area contributed by atoms with Crippen molar-refractivity contribution in [1.29, 1.82) is 0 Å². The number of hydrogen-bond donors (Lipinski definition) is 0. The summed E-state index contributed by atoms with van der Waals surface area (Å²) >= 11 is 0. The molecule has 0 spiro atoms. The quantitative estimate of drug-likeness (QED) is 0.277. The molecule has 0 atom stereocenters. The average molecular weight is 389 g/mol. The van der Waals surface area contributed by atoms with Gasteiger partial charge in [-0.1, -0.05) is 66.8 Å². The van der Waals surface area contributed by atoms with Crippen LogP contribution in [0.1, 0.15) is 79.0 Å². The Morgan fingerprint density at radius 1 is 0.690 bits per heavy atom. The summed E-state index contributed by atoms with van der Waals surface area (Å²) in [6.07, 6.45) is 22.9. The molecule has 0 heterocycles. The molecule has 0 saturated carbocycles. The zero-order chi connectivity index (χ0) is 20.9. The first-order valence-corrected chi connectivity index (χ1v) is 10.6. The minimum atomic E-state index is -0.0140. The number of allylic oxidation sites excluding steroid dienone is 9. The van der Waals surface area contributed by atoms with Crippen molar-refractivity contribution in [3.63, 3.8) is 0 Å². The van der Waals surface area contributed by atoms with E-state index in [4.69, 9.17) is 0 Å². The third-order valence-corrected chi connectivity index (χ3v) is 5.08. The number of ketones is 2. The molecule has 1 aliphatic rings. The maximum atomic E-state index is 12.7. The van der Waals surface area contributed by atoms with Crippen molar-refractivity contribution in [1.82, 2.24) is 0 Å². The second-order valence-corrected chi connectivity index (χ2v) is 7.28. The van der Waals surface area contributed by atoms with Crippen LogP contribution in [0.4, 0.5) is 0 Å². The van der Waals surface area contributed by atoms with Gasteiger partial charge in [0.05, 0.1) is 0 Å². The Labute approximate surface area is 175 Å². The lowest BCUT2D eigenvalue weighted by atomic mass is 9.83. The minimum Gasteiger partial charge on any atom is -0.289 e. The van der Waals surface area contributed by atoms with Crippen molar-refractivity contribution in [2.75, 3.05) is 0 Å². The topological polar surface area (TPSA) is 34.1 Å². The number of unbranched alkanes of at least 4 members (excludes halogenated alkanes) is 3. The SMILES string of the molecule is C=CCC/C=C/CC/C=C/CC/C=C/CCC1=C(C)C(=O)c2ccccc2C1=O. The van der Waals surface area contributed by atoms with Gasteiger partial charge < -0.3 is 0 Å². The van der Waals surface area contributed by atoms with Gasteiger partial charge in [-0.2, -0.15) is 0 Å². The fraction of sp³-hybridized carbons (Fsp3) is 0.333. The lowest BCUT2D eigenvalue weighted by Gasteiger charge is -2.18. The fourth-order valence-electron chi connectivity index (χ4n) is 3.39. The Balaban J connectivity index is 1.68. The van der Waals surface area contributed by atoms with Crippen LogP contribution in [-0.4, -0.2) is 11.6 Å². The highest BCUT2D eigenvalue weighted by Crippen LogP contribution is 2.28. The van der Waals surface area contributed by atoms with Gasteiger partial charge in [0.15, 0.2) is 11.6 Å². The largest absolute Gasteiger partial charge is 0.289 e. The normalized spacial score (nSPS) is 14.5. The standard InChI is InChI=1S/C27H32O2/c1-3-4-5-6-7-8-9-10-11-12-13-14-15-16-19-23-22(2)26(28)24-20-17-18-21-25(24)27(23)29/h3,6-7,10-11,14-15,17-18,20-21H,1,4-5,8-9,12-13,16,19H2,2H3/b7-6+,11-10+,15-14+. The highest BCUT2D eigenvalue weighted by Gasteiger charge is 2.28. The molecular weight excluding hydrogens is 356 g/mol. The summed E-state index contributed by atoms with van der Waals surface area (Å²) in [5.41, 5.74) is 2.35. The molecule has 0 fully saturated rings. The van der Waals surface area contributed by atoms with Gasteiger partial charge in [-0.25, -0.2) is 0 Å². The smallest absolute Gasteiger partial charge is 0.190 e. The summed E-state index contributed by atoms with van der Waals surface area (Å²) in [5, 5.41) is 0. The van der Waals surface area contributed by atoms with Gasteiger partial charge in [-0.05, 0) is 58.3 Å². The van der Waals surface area contributed by atoms with Gasteiger partial charge in [0.1, 0.15) is 0 Å². The summed E-state index contributed by atoms with van der Waals surface area (Å²) in [6.45, 7) is 5.49. The molecule has 0 bridgehead atoms. The molecule has 29 heavy (non-hydrogen) atoms. The minimum absolute atomic E-state index is 0.00701. The summed E-state index contributed by atoms with van der Waals surface area (Å²) in [5.74, 6) is -0.00700. The van der Waals surface area contributed by atoms with E-state index >= 15 is 0 Å². The predicted molar refractivity (Wildman–Crippen MR) is 122 cm³/mol. The molecule has 0 saturated heterocycles. The first-order chi connectivity index (χ1) is 14.2. The molecule has 1 aromatic carbocycles. The van der Waals surface area contributed by atoms with E-state index in [-0.39, 0.29) is 11.6 Å². The summed E-state index contributed by atoms with van der Waals surface area (Å²) in [6, 6.07) is 7.11. The molecule has 2 rings (SSSR count). The van der Waals surface area contributed by atoms with Crippen molar-refractivity contribution in [3.05, 3.63) is 95.6 Å². The molecule has 0 unspecified atom stereocenters. The van der Waals surface area contributed by atoms with E-state index in [2.05, 4.69) is 43.0 Å². The zero-order valence-electron chi connectivity index (χ0n) is 17.5. The van der Waals surface area contributed by atoms with Crippen molar-refractivity contribution in [3.8, 4) is 0 Å². The maximum Gasteiger partial charge on any atom is 0.190 e. The van der Waals surface area contributed by atoms with Crippen LogP contribution < -0.4 is 0 Å². The van der Waals surface area contributed by atoms with E-state index < -0.39 is 0 Å². The van der Waals surface area contributed by atoms with E-state index in [0.29, 0.717) is 28.7 Å². The van der Waals surface area contributed by atoms with Gasteiger partial charge in [-0.15, -0.1) is 6.58 Å². The summed E-state index contributed by atoms with van der Waals surface area (Å²) in [4.78, 5) is 25.2. The monoisotopic (exact) mass is 388 g/mol. The van der Waals surface area contributed by atoms with Crippen LogP contribution >= 0.6 is 0 Å². The van der Waals surface area contributed by atoms with Crippen LogP contribution in [-0.2, 0) is 0 Å². The van der Waals surface area contributed by atoms with Gasteiger partial charge in [0, 0.05) is 22.3 Å². The van der Waals surface area contributed by atoms with Crippen LogP contribution in [0, 0.1) is 0 Å². The maximum absolute atomic E-state index is 12.7. The van der Waals surface area contributed by atoms with E-state index in [0.717, 1.165) is 44.9 Å². The highest BCUT2D eigenvalue weighted by atomic mass is 16.1. The first-order valence-electron chi connectivity index (χ1n) is 10.6. The number of carbonyl (C=O) groups excluding carboxylic acids is 2. The van der Waals surface area contributed by atoms with E-state index in [1.54, 1.807) is 25.1 Å². The Morgan fingerprint density at radius 2 is 1.14 bits per heavy atom. The molecule has 2 nitrogen and oxygen atoms in total. The second-order valence-electron chi connectivity index (χ2n) is 7.28. The third kappa shape index (κ3) is 6.98. The number of hydrogen-bond acceptors (Lipinski definition) is 2. The van der Waals surface area contributed by atoms with Crippen LogP contribution in [0.3, 0.4) is 0 Å². The number of Topliss-reactive ketones (excluding diaryl/α,β-unsaturated/α-hetero) is 2. The lowest BCUT2D eigenvalue weighted by Crippen LogP contribution is -2.20. The highest BCUT2D eigenvalue weighted by molar-refractivity contribution is 6.26. The fourth-order valence-corrected chi connectivity index (χ4v) is 3.39. The number of carbonyl (C=O) groups is 2. The van der Waals surface area contributed by atoms with E-state index in [1.165, 1.54) is 0 Å². The molecular formula is C27H32O2. The number of rotatable bonds is 12. The molecule has 0 aromatic heterocycles. The van der Waals surface area contributed by atoms with E-state index in [9.17, 15) is 9.59 Å². The van der Waals surface area contributed by atoms with Crippen molar-refractivity contribution < 1.29 is 9.59 Å². The molecule has 2 heteroatoms. The number of fused-ring (bicyclic) bond motifs is 1. The average Bonchev–Trinajstić information content (AvgIpc) is 2.74. The van der Waals surface area contributed by atoms with Crippen molar-refractivity contribution >= 4 is 11.6 Å². The molecule has 152 valence electrons. The molecule has 0 aliphatic heterocycles. The summed E-state index contributed by atoms with van der Waals surface area (Å²) < 4.78 is 0. The van der Waals surface area contributed by atoms with Gasteiger partial charge in [-0.3, -0.25) is 9.59 Å². The molecule has 1 aromatic rings. The second kappa shape index (κ2) is 12.7. The molecule has 1 aliphatic carbocycles. The Morgan fingerprint density at radius 3 is 1.66 bits per heavy atom. The Bertz CT molecular complexity index is 834. The van der Waals surface area contributed by atoms with Gasteiger partial charge >= 0.3 is 0 Å². The van der Waals surface area contributed by atoms with Crippen LogP contribution in [0.5, 0.6) is 0 Å². The molecule has 0 amide bonds. The third-order valence-electron chi connectivity index (χ3n) is 5.08. The van der Waals surface area contributed by atoms with Crippen molar-refractivity contribution in [2.45, 2.75) is 58.3 Å². The molecule has 0 radical (unpaired) electrons. The van der Waals surface area contributed by atoms with Crippen molar-refractivity contribution in [2.24, 2.45) is 0 Å². The van der Waals surface area contributed by atoms with Crippen LogP contribution in [0.2, 0.25) is 0 Å².